The second-order valence-corrected chi connectivity index (χ2v) is 11.8. The molecule has 38 heavy (non-hydrogen) atoms. The topological polar surface area (TPSA) is 107 Å². The number of amides is 2. The number of carbonyl (C=O) groups excluding carboxylic acids is 2. The van der Waals surface area contributed by atoms with Crippen molar-refractivity contribution in [1.29, 1.82) is 0 Å². The van der Waals surface area contributed by atoms with Crippen molar-refractivity contribution in [3.05, 3.63) is 45.0 Å². The molecule has 1 saturated carbocycles. The van der Waals surface area contributed by atoms with Crippen molar-refractivity contribution in [2.75, 3.05) is 20.3 Å². The Balaban J connectivity index is 1.57. The van der Waals surface area contributed by atoms with Gasteiger partial charge in [0.1, 0.15) is 5.75 Å². The number of carbonyl (C=O) groups is 2. The molecule has 2 aliphatic carbocycles. The molecule has 3 N–H and O–H groups in total. The zero-order valence-corrected chi connectivity index (χ0v) is 24.0. The van der Waals surface area contributed by atoms with Gasteiger partial charge in [0, 0.05) is 29.1 Å². The Kier molecular flexibility index (Phi) is 9.84. The summed E-state index contributed by atoms with van der Waals surface area (Å²) in [4.78, 5) is 28.6. The molecule has 0 unspecified atom stereocenters. The number of aliphatic hydroxyl groups excluding tert-OH is 2. The monoisotopic (exact) mass is 589 g/mol. The van der Waals surface area contributed by atoms with Crippen LogP contribution in [0.25, 0.3) is 6.08 Å². The van der Waals surface area contributed by atoms with E-state index in [-0.39, 0.29) is 36.8 Å². The maximum Gasteiger partial charge on any atom is 0.234 e. The third-order valence-electron chi connectivity index (χ3n) is 8.57. The van der Waals surface area contributed by atoms with E-state index < -0.39 is 23.9 Å². The van der Waals surface area contributed by atoms with Gasteiger partial charge >= 0.3 is 0 Å². The molecular formula is C30H40BrNO6. The average Bonchev–Trinajstić information content (AvgIpc) is 3.17. The Morgan fingerprint density at radius 2 is 1.95 bits per heavy atom. The number of imide groups is 1. The molecule has 8 heteroatoms. The second-order valence-electron chi connectivity index (χ2n) is 10.9. The van der Waals surface area contributed by atoms with Gasteiger partial charge in [0.2, 0.25) is 11.8 Å². The molecule has 2 amide bonds. The average molecular weight is 591 g/mol. The third kappa shape index (κ3) is 5.93. The fraction of sp³-hybridized carbons (Fsp3) is 0.600. The van der Waals surface area contributed by atoms with Crippen molar-refractivity contribution in [3.8, 4) is 5.75 Å². The van der Waals surface area contributed by atoms with Gasteiger partial charge in [-0.25, -0.2) is 0 Å². The zero-order chi connectivity index (χ0) is 27.4. The van der Waals surface area contributed by atoms with E-state index in [1.54, 1.807) is 19.2 Å². The van der Waals surface area contributed by atoms with E-state index in [4.69, 9.17) is 4.74 Å². The molecule has 3 aliphatic rings. The summed E-state index contributed by atoms with van der Waals surface area (Å²) in [5.74, 6) is -1.88. The third-order valence-corrected chi connectivity index (χ3v) is 9.07. The number of allylic oxidation sites excluding steroid dienone is 1. The van der Waals surface area contributed by atoms with Crippen LogP contribution in [0.2, 0.25) is 0 Å². The number of nitrogens with zero attached hydrogens (tertiary/aromatic N) is 1. The fourth-order valence-corrected chi connectivity index (χ4v) is 7.06. The summed E-state index contributed by atoms with van der Waals surface area (Å²) in [7, 11) is 1.58. The number of hydrogen-bond donors (Lipinski definition) is 3. The normalized spacial score (nSPS) is 25.8. The van der Waals surface area contributed by atoms with Crippen LogP contribution in [0.1, 0.15) is 70.3 Å². The molecule has 4 rings (SSSR count). The first-order chi connectivity index (χ1) is 18.3. The molecule has 0 bridgehead atoms. The Hall–Kier alpha value is -2.00. The summed E-state index contributed by atoms with van der Waals surface area (Å²) in [5, 5.41) is 32.2. The molecule has 2 fully saturated rings. The number of phenolic OH excluding ortho intramolecular Hbond substituents is 1. The number of aromatic hydroxyl groups is 1. The number of hydrogen-bond acceptors (Lipinski definition) is 6. The molecule has 1 saturated heterocycles. The number of benzene rings is 1. The van der Waals surface area contributed by atoms with Gasteiger partial charge in [0.15, 0.2) is 0 Å². The van der Waals surface area contributed by atoms with E-state index >= 15 is 0 Å². The summed E-state index contributed by atoms with van der Waals surface area (Å²) in [6.07, 6.45) is 8.02. The number of methoxy groups -OCH3 is 1. The van der Waals surface area contributed by atoms with Gasteiger partial charge in [-0.15, -0.1) is 0 Å². The van der Waals surface area contributed by atoms with Gasteiger partial charge in [0.25, 0.3) is 0 Å². The number of likely N-dealkylation sites (tertiary alicyclic amines) is 1. The summed E-state index contributed by atoms with van der Waals surface area (Å²) in [6.45, 7) is 1.98. The van der Waals surface area contributed by atoms with Crippen molar-refractivity contribution >= 4 is 33.8 Å². The van der Waals surface area contributed by atoms with E-state index in [1.807, 2.05) is 19.1 Å². The summed E-state index contributed by atoms with van der Waals surface area (Å²) in [6, 6.07) is 5.21. The first-order valence-electron chi connectivity index (χ1n) is 13.8. The van der Waals surface area contributed by atoms with Gasteiger partial charge in [0.05, 0.1) is 31.2 Å². The highest BCUT2D eigenvalue weighted by atomic mass is 79.9. The molecule has 1 aromatic carbocycles. The number of rotatable bonds is 10. The number of phenols is 1. The van der Waals surface area contributed by atoms with Crippen LogP contribution in [0.15, 0.2) is 39.4 Å². The lowest BCUT2D eigenvalue weighted by molar-refractivity contribution is -0.143. The SMILES string of the molecule is CC/C(=C\c1cc(Br)ccc1O)CC[C@@H](O)C1=C(COC)C[C@H]2C(=O)N(C3CCCCC3)C(=O)[C@H]2[C@H]1CO. The minimum Gasteiger partial charge on any atom is -0.507 e. The quantitative estimate of drug-likeness (QED) is 0.262. The fourth-order valence-electron chi connectivity index (χ4n) is 6.68. The number of fused-ring (bicyclic) bond motifs is 1. The molecule has 1 aromatic rings. The molecule has 0 radical (unpaired) electrons. The first kappa shape index (κ1) is 29.0. The van der Waals surface area contributed by atoms with Crippen molar-refractivity contribution in [2.24, 2.45) is 17.8 Å². The Bertz CT molecular complexity index is 1090. The predicted molar refractivity (Wildman–Crippen MR) is 149 cm³/mol. The van der Waals surface area contributed by atoms with Crippen LogP contribution in [0.5, 0.6) is 5.75 Å². The Labute approximate surface area is 233 Å². The first-order valence-corrected chi connectivity index (χ1v) is 14.6. The van der Waals surface area contributed by atoms with Crippen molar-refractivity contribution < 1.29 is 29.6 Å². The van der Waals surface area contributed by atoms with Gasteiger partial charge in [-0.05, 0) is 67.9 Å². The van der Waals surface area contributed by atoms with Crippen molar-refractivity contribution in [1.82, 2.24) is 4.90 Å². The summed E-state index contributed by atoms with van der Waals surface area (Å²) >= 11 is 3.44. The predicted octanol–water partition coefficient (Wildman–Crippen LogP) is 4.98. The second kappa shape index (κ2) is 12.9. The minimum absolute atomic E-state index is 0.0559. The molecule has 7 nitrogen and oxygen atoms in total. The molecule has 4 atom stereocenters. The summed E-state index contributed by atoms with van der Waals surface area (Å²) < 4.78 is 6.32. The van der Waals surface area contributed by atoms with E-state index in [1.165, 1.54) is 4.90 Å². The van der Waals surface area contributed by atoms with E-state index in [0.717, 1.165) is 54.1 Å². The van der Waals surface area contributed by atoms with Gasteiger partial charge in [-0.3, -0.25) is 14.5 Å². The number of aliphatic hydroxyl groups is 2. The van der Waals surface area contributed by atoms with Crippen LogP contribution in [-0.4, -0.2) is 64.5 Å². The lowest BCUT2D eigenvalue weighted by Crippen LogP contribution is -2.42. The van der Waals surface area contributed by atoms with Gasteiger partial charge in [-0.1, -0.05) is 53.8 Å². The van der Waals surface area contributed by atoms with Crippen LogP contribution in [0, 0.1) is 17.8 Å². The number of halogens is 1. The standard InChI is InChI=1S/C30H40BrNO6/c1-3-18(13-19-14-21(31)10-12-25(19)34)9-11-26(35)27-20(17-38-2)15-23-28(24(27)16-33)30(37)32(29(23)36)22-7-5-4-6-8-22/h10,12-14,22-24,26,28,33-35H,3-9,11,15-17H2,1-2H3/b18-13+/t23-,24+,26-,28-/m1/s1. The van der Waals surface area contributed by atoms with Crippen LogP contribution in [0.4, 0.5) is 0 Å². The van der Waals surface area contributed by atoms with Crippen LogP contribution in [-0.2, 0) is 14.3 Å². The molecular weight excluding hydrogens is 550 g/mol. The lowest BCUT2D eigenvalue weighted by atomic mass is 9.68. The highest BCUT2D eigenvalue weighted by molar-refractivity contribution is 9.10. The Morgan fingerprint density at radius 3 is 2.61 bits per heavy atom. The minimum atomic E-state index is -0.879. The maximum atomic E-state index is 13.6. The van der Waals surface area contributed by atoms with Crippen molar-refractivity contribution in [2.45, 2.75) is 76.9 Å². The number of ether oxygens (including phenoxy) is 1. The van der Waals surface area contributed by atoms with Crippen molar-refractivity contribution in [3.63, 3.8) is 0 Å². The molecule has 0 aromatic heterocycles. The highest BCUT2D eigenvalue weighted by Gasteiger charge is 2.56. The van der Waals surface area contributed by atoms with E-state index in [0.29, 0.717) is 30.4 Å². The largest absolute Gasteiger partial charge is 0.507 e. The van der Waals surface area contributed by atoms with Crippen LogP contribution >= 0.6 is 15.9 Å². The smallest absolute Gasteiger partial charge is 0.234 e. The highest BCUT2D eigenvalue weighted by Crippen LogP contribution is 2.47. The molecule has 1 heterocycles. The van der Waals surface area contributed by atoms with E-state index in [9.17, 15) is 24.9 Å². The van der Waals surface area contributed by atoms with Crippen LogP contribution in [0.3, 0.4) is 0 Å². The van der Waals surface area contributed by atoms with Gasteiger partial charge in [-0.2, -0.15) is 0 Å². The lowest BCUT2D eigenvalue weighted by Gasteiger charge is -2.36. The Morgan fingerprint density at radius 1 is 1.21 bits per heavy atom. The van der Waals surface area contributed by atoms with Gasteiger partial charge < -0.3 is 20.1 Å². The maximum absolute atomic E-state index is 13.6. The van der Waals surface area contributed by atoms with Crippen LogP contribution < -0.4 is 0 Å². The van der Waals surface area contributed by atoms with E-state index in [2.05, 4.69) is 15.9 Å². The molecule has 208 valence electrons. The molecule has 0 spiro atoms. The molecule has 1 aliphatic heterocycles. The summed E-state index contributed by atoms with van der Waals surface area (Å²) in [5.41, 5.74) is 3.24. The zero-order valence-electron chi connectivity index (χ0n) is 22.4.